The van der Waals surface area contributed by atoms with Crippen molar-refractivity contribution in [1.82, 2.24) is 9.55 Å². The van der Waals surface area contributed by atoms with Gasteiger partial charge in [0, 0.05) is 17.8 Å². The van der Waals surface area contributed by atoms with Crippen LogP contribution in [0.4, 0.5) is 0 Å². The maximum absolute atomic E-state index is 12.6. The smallest absolute Gasteiger partial charge is 0.329 e. The second-order valence-corrected chi connectivity index (χ2v) is 6.48. The molecule has 0 atom stereocenters. The summed E-state index contributed by atoms with van der Waals surface area (Å²) in [6.07, 6.45) is 4.67. The van der Waals surface area contributed by atoms with Gasteiger partial charge < -0.3 is 5.73 Å². The van der Waals surface area contributed by atoms with Gasteiger partial charge in [0.2, 0.25) is 5.91 Å². The molecule has 0 saturated heterocycles. The SMILES string of the molecule is NC(=O)CCCn1c(=O)[nH]c2sc3c(c2c1=O)CCCC3. The molecule has 7 heteroatoms. The van der Waals surface area contributed by atoms with Crippen LogP contribution in [0.2, 0.25) is 0 Å². The van der Waals surface area contributed by atoms with E-state index < -0.39 is 11.6 Å². The van der Waals surface area contributed by atoms with Gasteiger partial charge >= 0.3 is 5.69 Å². The number of rotatable bonds is 4. The first kappa shape index (κ1) is 14.1. The van der Waals surface area contributed by atoms with Crippen molar-refractivity contribution in [2.24, 2.45) is 5.73 Å². The molecule has 0 spiro atoms. The van der Waals surface area contributed by atoms with E-state index in [4.69, 9.17) is 5.73 Å². The van der Waals surface area contributed by atoms with Crippen LogP contribution < -0.4 is 17.0 Å². The normalized spacial score (nSPS) is 14.3. The van der Waals surface area contributed by atoms with E-state index in [1.807, 2.05) is 0 Å². The van der Waals surface area contributed by atoms with E-state index in [0.29, 0.717) is 16.6 Å². The summed E-state index contributed by atoms with van der Waals surface area (Å²) in [6, 6.07) is 0. The standard InChI is InChI=1S/C14H17N3O3S/c15-10(18)6-3-7-17-13(19)11-8-4-1-2-5-9(8)21-12(11)16-14(17)20/h1-7H2,(H2,15,18)(H,16,20). The summed E-state index contributed by atoms with van der Waals surface area (Å²) in [5, 5.41) is 0.661. The minimum absolute atomic E-state index is 0.172. The number of aryl methyl sites for hydroxylation is 2. The Balaban J connectivity index is 2.07. The molecule has 112 valence electrons. The van der Waals surface area contributed by atoms with E-state index in [2.05, 4.69) is 4.98 Å². The zero-order valence-corrected chi connectivity index (χ0v) is 12.4. The maximum Gasteiger partial charge on any atom is 0.329 e. The highest BCUT2D eigenvalue weighted by molar-refractivity contribution is 7.18. The Hall–Kier alpha value is -1.89. The highest BCUT2D eigenvalue weighted by Crippen LogP contribution is 2.32. The number of fused-ring (bicyclic) bond motifs is 3. The van der Waals surface area contributed by atoms with E-state index >= 15 is 0 Å². The third kappa shape index (κ3) is 2.53. The van der Waals surface area contributed by atoms with Crippen LogP contribution in [0.1, 0.15) is 36.1 Å². The number of primary amides is 1. The molecule has 0 bridgehead atoms. The molecule has 21 heavy (non-hydrogen) atoms. The van der Waals surface area contributed by atoms with Crippen molar-refractivity contribution in [2.45, 2.75) is 45.1 Å². The number of carbonyl (C=O) groups excluding carboxylic acids is 1. The third-order valence-corrected chi connectivity index (χ3v) is 5.11. The average Bonchev–Trinajstić information content (AvgIpc) is 2.80. The van der Waals surface area contributed by atoms with Crippen molar-refractivity contribution in [3.05, 3.63) is 31.3 Å². The Morgan fingerprint density at radius 3 is 2.81 bits per heavy atom. The van der Waals surface area contributed by atoms with E-state index in [1.165, 1.54) is 20.8 Å². The van der Waals surface area contributed by atoms with Gasteiger partial charge in [-0.1, -0.05) is 0 Å². The fourth-order valence-electron chi connectivity index (χ4n) is 2.89. The minimum atomic E-state index is -0.423. The Kier molecular flexibility index (Phi) is 3.67. The number of H-pyrrole nitrogens is 1. The number of carbonyl (C=O) groups is 1. The van der Waals surface area contributed by atoms with Crippen LogP contribution >= 0.6 is 11.3 Å². The molecule has 3 N–H and O–H groups in total. The maximum atomic E-state index is 12.6. The number of aromatic nitrogens is 2. The number of hydrogen-bond acceptors (Lipinski definition) is 4. The van der Waals surface area contributed by atoms with Crippen molar-refractivity contribution in [1.29, 1.82) is 0 Å². The van der Waals surface area contributed by atoms with E-state index in [9.17, 15) is 14.4 Å². The predicted octanol–water partition coefficient (Wildman–Crippen LogP) is 0.896. The summed E-state index contributed by atoms with van der Waals surface area (Å²) in [5.41, 5.74) is 5.54. The summed E-state index contributed by atoms with van der Waals surface area (Å²) in [5.74, 6) is -0.423. The first-order valence-electron chi connectivity index (χ1n) is 7.13. The lowest BCUT2D eigenvalue weighted by atomic mass is 9.97. The predicted molar refractivity (Wildman–Crippen MR) is 81.8 cm³/mol. The second kappa shape index (κ2) is 5.48. The molecule has 1 aliphatic carbocycles. The number of amides is 1. The largest absolute Gasteiger partial charge is 0.370 e. The Morgan fingerprint density at radius 2 is 2.05 bits per heavy atom. The summed E-state index contributed by atoms with van der Waals surface area (Å²) >= 11 is 1.52. The number of nitrogens with zero attached hydrogens (tertiary/aromatic N) is 1. The Labute approximate surface area is 124 Å². The molecule has 0 saturated carbocycles. The summed E-state index contributed by atoms with van der Waals surface area (Å²) < 4.78 is 1.19. The summed E-state index contributed by atoms with van der Waals surface area (Å²) in [4.78, 5) is 40.1. The van der Waals surface area contributed by atoms with Gasteiger partial charge in [-0.15, -0.1) is 11.3 Å². The zero-order valence-electron chi connectivity index (χ0n) is 11.6. The zero-order chi connectivity index (χ0) is 15.0. The van der Waals surface area contributed by atoms with Crippen LogP contribution in [-0.4, -0.2) is 15.5 Å². The monoisotopic (exact) mass is 307 g/mol. The second-order valence-electron chi connectivity index (χ2n) is 5.37. The molecule has 0 unspecified atom stereocenters. The van der Waals surface area contributed by atoms with Crippen LogP contribution in [-0.2, 0) is 24.2 Å². The first-order chi connectivity index (χ1) is 10.1. The molecule has 0 radical (unpaired) electrons. The lowest BCUT2D eigenvalue weighted by Crippen LogP contribution is -2.35. The van der Waals surface area contributed by atoms with Gasteiger partial charge in [-0.3, -0.25) is 19.1 Å². The fourth-order valence-corrected chi connectivity index (χ4v) is 4.16. The van der Waals surface area contributed by atoms with Crippen LogP contribution in [0.3, 0.4) is 0 Å². The molecule has 0 fully saturated rings. The van der Waals surface area contributed by atoms with Gasteiger partial charge in [0.15, 0.2) is 0 Å². The van der Waals surface area contributed by atoms with Crippen LogP contribution in [0.5, 0.6) is 0 Å². The lowest BCUT2D eigenvalue weighted by Gasteiger charge is -2.10. The van der Waals surface area contributed by atoms with Crippen molar-refractivity contribution >= 4 is 27.5 Å². The molecule has 0 aromatic carbocycles. The van der Waals surface area contributed by atoms with Gasteiger partial charge in [0.1, 0.15) is 4.83 Å². The molecular weight excluding hydrogens is 290 g/mol. The number of hydrogen-bond donors (Lipinski definition) is 2. The van der Waals surface area contributed by atoms with Gasteiger partial charge in [-0.2, -0.15) is 0 Å². The molecule has 2 heterocycles. The van der Waals surface area contributed by atoms with Crippen LogP contribution in [0, 0.1) is 0 Å². The molecule has 3 rings (SSSR count). The Bertz CT molecular complexity index is 815. The quantitative estimate of drug-likeness (QED) is 0.878. The van der Waals surface area contributed by atoms with Gasteiger partial charge in [0.05, 0.1) is 5.39 Å². The van der Waals surface area contributed by atoms with Crippen molar-refractivity contribution in [3.8, 4) is 0 Å². The van der Waals surface area contributed by atoms with Crippen LogP contribution in [0.15, 0.2) is 9.59 Å². The lowest BCUT2D eigenvalue weighted by molar-refractivity contribution is -0.118. The highest BCUT2D eigenvalue weighted by atomic mass is 32.1. The van der Waals surface area contributed by atoms with E-state index in [1.54, 1.807) is 0 Å². The molecule has 2 aromatic rings. The Morgan fingerprint density at radius 1 is 1.29 bits per heavy atom. The van der Waals surface area contributed by atoms with Crippen molar-refractivity contribution in [2.75, 3.05) is 0 Å². The summed E-state index contributed by atoms with van der Waals surface area (Å²) in [7, 11) is 0. The molecular formula is C14H17N3O3S. The van der Waals surface area contributed by atoms with Crippen LogP contribution in [0.25, 0.3) is 10.2 Å². The number of nitrogens with one attached hydrogen (secondary N) is 1. The van der Waals surface area contributed by atoms with Crippen molar-refractivity contribution < 1.29 is 4.79 Å². The molecule has 6 nitrogen and oxygen atoms in total. The minimum Gasteiger partial charge on any atom is -0.370 e. The number of aromatic amines is 1. The molecule has 2 aromatic heterocycles. The van der Waals surface area contributed by atoms with Crippen molar-refractivity contribution in [3.63, 3.8) is 0 Å². The topological polar surface area (TPSA) is 97.9 Å². The van der Waals surface area contributed by atoms with Gasteiger partial charge in [-0.05, 0) is 37.7 Å². The molecule has 1 aliphatic rings. The number of thiophene rings is 1. The number of nitrogens with two attached hydrogens (primary N) is 1. The molecule has 1 amide bonds. The summed E-state index contributed by atoms with van der Waals surface area (Å²) in [6.45, 7) is 0.220. The average molecular weight is 307 g/mol. The first-order valence-corrected chi connectivity index (χ1v) is 7.95. The van der Waals surface area contributed by atoms with Gasteiger partial charge in [0.25, 0.3) is 5.56 Å². The van der Waals surface area contributed by atoms with E-state index in [0.717, 1.165) is 31.2 Å². The molecule has 0 aliphatic heterocycles. The van der Waals surface area contributed by atoms with E-state index in [-0.39, 0.29) is 18.5 Å². The highest BCUT2D eigenvalue weighted by Gasteiger charge is 2.20. The fraction of sp³-hybridized carbons (Fsp3) is 0.500. The van der Waals surface area contributed by atoms with Gasteiger partial charge in [-0.25, -0.2) is 4.79 Å². The third-order valence-electron chi connectivity index (χ3n) is 3.90.